The Morgan fingerprint density at radius 1 is 1.20 bits per heavy atom. The molecule has 5 nitrogen and oxygen atoms in total. The van der Waals surface area contributed by atoms with Gasteiger partial charge in [-0.1, -0.05) is 6.42 Å². The molecule has 2 saturated heterocycles. The molecule has 1 unspecified atom stereocenters. The Morgan fingerprint density at radius 3 is 2.45 bits per heavy atom. The van der Waals surface area contributed by atoms with Gasteiger partial charge in [-0.15, -0.1) is 0 Å². The fraction of sp³-hybridized carbons (Fsp3) is 0.933. The van der Waals surface area contributed by atoms with E-state index in [0.717, 1.165) is 19.1 Å². The maximum Gasteiger partial charge on any atom is 0.324 e. The van der Waals surface area contributed by atoms with E-state index in [1.54, 1.807) is 0 Å². The molecule has 0 aromatic rings. The Hall–Kier alpha value is -0.650. The van der Waals surface area contributed by atoms with Crippen LogP contribution in [0.5, 0.6) is 0 Å². The predicted molar refractivity (Wildman–Crippen MR) is 79.5 cm³/mol. The lowest BCUT2D eigenvalue weighted by Crippen LogP contribution is -2.50. The third-order valence-electron chi connectivity index (χ3n) is 4.51. The summed E-state index contributed by atoms with van der Waals surface area (Å²) in [6, 6.07) is 0.242. The lowest BCUT2D eigenvalue weighted by Gasteiger charge is -2.40. The second-order valence-electron chi connectivity index (χ2n) is 5.99. The molecular weight excluding hydrogens is 254 g/mol. The fourth-order valence-electron chi connectivity index (χ4n) is 3.35. The van der Waals surface area contributed by atoms with Crippen LogP contribution in [0.2, 0.25) is 0 Å². The largest absolute Gasteiger partial charge is 0.465 e. The number of hydrogen-bond acceptors (Lipinski definition) is 5. The van der Waals surface area contributed by atoms with Crippen LogP contribution >= 0.6 is 0 Å². The monoisotopic (exact) mass is 283 g/mol. The van der Waals surface area contributed by atoms with Crippen molar-refractivity contribution < 1.29 is 9.53 Å². The van der Waals surface area contributed by atoms with Crippen molar-refractivity contribution in [3.8, 4) is 0 Å². The lowest BCUT2D eigenvalue weighted by atomic mass is 9.99. The third kappa shape index (κ3) is 4.43. The first kappa shape index (κ1) is 15.7. The van der Waals surface area contributed by atoms with Crippen LogP contribution in [0.1, 0.15) is 39.0 Å². The van der Waals surface area contributed by atoms with E-state index in [0.29, 0.717) is 13.2 Å². The average molecular weight is 283 g/mol. The third-order valence-corrected chi connectivity index (χ3v) is 4.51. The van der Waals surface area contributed by atoms with Crippen molar-refractivity contribution in [1.82, 2.24) is 9.80 Å². The summed E-state index contributed by atoms with van der Waals surface area (Å²) in [6.45, 7) is 7.49. The zero-order valence-corrected chi connectivity index (χ0v) is 12.7. The molecule has 5 heteroatoms. The van der Waals surface area contributed by atoms with E-state index in [2.05, 4.69) is 9.80 Å². The molecule has 2 N–H and O–H groups in total. The Morgan fingerprint density at radius 2 is 1.85 bits per heavy atom. The summed E-state index contributed by atoms with van der Waals surface area (Å²) in [5, 5.41) is 0. The molecule has 116 valence electrons. The minimum Gasteiger partial charge on any atom is -0.465 e. The Bertz CT molecular complexity index is 297. The number of rotatable bonds is 5. The van der Waals surface area contributed by atoms with Crippen LogP contribution in [0, 0.1) is 0 Å². The average Bonchev–Trinajstić information content (AvgIpc) is 2.49. The highest BCUT2D eigenvalue weighted by atomic mass is 16.5. The van der Waals surface area contributed by atoms with E-state index in [9.17, 15) is 4.79 Å². The van der Waals surface area contributed by atoms with Gasteiger partial charge in [-0.05, 0) is 58.8 Å². The van der Waals surface area contributed by atoms with Crippen LogP contribution in [0.4, 0.5) is 0 Å². The van der Waals surface area contributed by atoms with Gasteiger partial charge in [0.15, 0.2) is 0 Å². The van der Waals surface area contributed by atoms with Crippen molar-refractivity contribution in [2.45, 2.75) is 51.1 Å². The van der Waals surface area contributed by atoms with Crippen LogP contribution in [0.15, 0.2) is 0 Å². The summed E-state index contributed by atoms with van der Waals surface area (Å²) in [4.78, 5) is 16.5. The number of likely N-dealkylation sites (tertiary alicyclic amines) is 2. The highest BCUT2D eigenvalue weighted by Crippen LogP contribution is 2.20. The Labute approximate surface area is 122 Å². The fourth-order valence-corrected chi connectivity index (χ4v) is 3.35. The number of hydrogen-bond donors (Lipinski definition) is 1. The Kier molecular flexibility index (Phi) is 6.26. The van der Waals surface area contributed by atoms with Crippen LogP contribution in [0.25, 0.3) is 0 Å². The molecule has 0 bridgehead atoms. The number of carbonyl (C=O) groups is 1. The second-order valence-corrected chi connectivity index (χ2v) is 5.99. The smallest absolute Gasteiger partial charge is 0.324 e. The molecule has 2 aliphatic heterocycles. The predicted octanol–water partition coefficient (Wildman–Crippen LogP) is 0.827. The molecule has 20 heavy (non-hydrogen) atoms. The molecule has 0 aliphatic carbocycles. The van der Waals surface area contributed by atoms with Crippen LogP contribution in [0.3, 0.4) is 0 Å². The molecule has 0 spiro atoms. The summed E-state index contributed by atoms with van der Waals surface area (Å²) in [6.07, 6.45) is 6.51. The van der Waals surface area contributed by atoms with Gasteiger partial charge in [-0.2, -0.15) is 0 Å². The molecule has 2 heterocycles. The highest BCUT2D eigenvalue weighted by molar-refractivity contribution is 5.75. The quantitative estimate of drug-likeness (QED) is 0.757. The molecule has 2 fully saturated rings. The van der Waals surface area contributed by atoms with E-state index in [1.807, 2.05) is 6.92 Å². The molecule has 0 aromatic heterocycles. The number of carbonyl (C=O) groups excluding carboxylic acids is 1. The number of esters is 1. The molecular formula is C15H29N3O2. The minimum absolute atomic E-state index is 0.273. The van der Waals surface area contributed by atoms with Gasteiger partial charge in [0.2, 0.25) is 0 Å². The maximum absolute atomic E-state index is 11.5. The second kappa shape index (κ2) is 7.96. The summed E-state index contributed by atoms with van der Waals surface area (Å²) in [5.74, 6) is -0.273. The van der Waals surface area contributed by atoms with E-state index in [-0.39, 0.29) is 5.97 Å². The van der Waals surface area contributed by atoms with Crippen LogP contribution in [-0.2, 0) is 9.53 Å². The van der Waals surface area contributed by atoms with E-state index >= 15 is 0 Å². The molecule has 2 rings (SSSR count). The highest BCUT2D eigenvalue weighted by Gasteiger charge is 2.27. The van der Waals surface area contributed by atoms with Crippen molar-refractivity contribution in [2.24, 2.45) is 5.73 Å². The zero-order valence-electron chi connectivity index (χ0n) is 12.7. The molecule has 0 radical (unpaired) electrons. The number of nitrogens with two attached hydrogens (primary N) is 1. The molecule has 0 saturated carbocycles. The summed E-state index contributed by atoms with van der Waals surface area (Å²) in [7, 11) is 0. The SMILES string of the molecule is CCOC(=O)C(N)CN1CCC(N2CCCCC2)CC1. The van der Waals surface area contributed by atoms with Gasteiger partial charge in [-0.25, -0.2) is 0 Å². The van der Waals surface area contributed by atoms with Crippen molar-refractivity contribution in [1.29, 1.82) is 0 Å². The van der Waals surface area contributed by atoms with Gasteiger partial charge < -0.3 is 20.3 Å². The summed E-state index contributed by atoms with van der Waals surface area (Å²) < 4.78 is 4.96. The Balaban J connectivity index is 1.69. The molecule has 0 aromatic carbocycles. The first-order chi connectivity index (χ1) is 9.70. The van der Waals surface area contributed by atoms with Crippen LogP contribution in [-0.4, -0.2) is 67.2 Å². The van der Waals surface area contributed by atoms with Gasteiger partial charge in [0, 0.05) is 12.6 Å². The van der Waals surface area contributed by atoms with Crippen LogP contribution < -0.4 is 5.73 Å². The van der Waals surface area contributed by atoms with E-state index < -0.39 is 6.04 Å². The van der Waals surface area contributed by atoms with Gasteiger partial charge in [0.05, 0.1) is 6.61 Å². The summed E-state index contributed by atoms with van der Waals surface area (Å²) >= 11 is 0. The molecule has 1 atom stereocenters. The molecule has 0 amide bonds. The van der Waals surface area contributed by atoms with Gasteiger partial charge in [0.1, 0.15) is 6.04 Å². The standard InChI is InChI=1S/C15H29N3O2/c1-2-20-15(19)14(16)12-17-10-6-13(7-11-17)18-8-4-3-5-9-18/h13-14H,2-12,16H2,1H3. The van der Waals surface area contributed by atoms with E-state index in [1.165, 1.54) is 45.2 Å². The van der Waals surface area contributed by atoms with Crippen molar-refractivity contribution in [2.75, 3.05) is 39.3 Å². The minimum atomic E-state index is -0.499. The lowest BCUT2D eigenvalue weighted by molar-refractivity contribution is -0.145. The number of piperidine rings is 2. The number of ether oxygens (including phenoxy) is 1. The van der Waals surface area contributed by atoms with Crippen molar-refractivity contribution in [3.05, 3.63) is 0 Å². The number of nitrogens with zero attached hydrogens (tertiary/aromatic N) is 2. The van der Waals surface area contributed by atoms with Crippen molar-refractivity contribution >= 4 is 5.97 Å². The summed E-state index contributed by atoms with van der Waals surface area (Å²) in [5.41, 5.74) is 5.88. The van der Waals surface area contributed by atoms with Crippen molar-refractivity contribution in [3.63, 3.8) is 0 Å². The van der Waals surface area contributed by atoms with Gasteiger partial charge in [-0.3, -0.25) is 4.79 Å². The first-order valence-electron chi connectivity index (χ1n) is 8.09. The maximum atomic E-state index is 11.5. The van der Waals surface area contributed by atoms with Gasteiger partial charge in [0.25, 0.3) is 0 Å². The van der Waals surface area contributed by atoms with Gasteiger partial charge >= 0.3 is 5.97 Å². The topological polar surface area (TPSA) is 58.8 Å². The van der Waals surface area contributed by atoms with E-state index in [4.69, 9.17) is 10.5 Å². The zero-order chi connectivity index (χ0) is 14.4. The normalized spacial score (nSPS) is 24.5. The first-order valence-corrected chi connectivity index (χ1v) is 8.09. The molecule has 2 aliphatic rings.